The Morgan fingerprint density at radius 2 is 1.95 bits per heavy atom. The van der Waals surface area contributed by atoms with Gasteiger partial charge in [0.2, 0.25) is 0 Å². The number of aromatic nitrogens is 1. The van der Waals surface area contributed by atoms with Crippen molar-refractivity contribution in [3.8, 4) is 0 Å². The van der Waals surface area contributed by atoms with Gasteiger partial charge in [0.1, 0.15) is 0 Å². The van der Waals surface area contributed by atoms with Crippen LogP contribution in [0.5, 0.6) is 0 Å². The molecule has 1 aromatic heterocycles. The molecule has 0 bridgehead atoms. The number of nitrogens with one attached hydrogen (secondary N) is 1. The second-order valence-corrected chi connectivity index (χ2v) is 6.78. The summed E-state index contributed by atoms with van der Waals surface area (Å²) in [7, 11) is 0. The molecule has 118 valence electrons. The van der Waals surface area contributed by atoms with Crippen LogP contribution in [0, 0.1) is 26.7 Å². The Morgan fingerprint density at radius 1 is 1.29 bits per heavy atom. The number of nitrogens with zero attached hydrogens (tertiary/aromatic N) is 2. The molecule has 0 aliphatic carbocycles. The SMILES string of the molecule is Cc1cc(C)c(C(C)NCCN2CCC(C)CC2)c(C)n1. The minimum Gasteiger partial charge on any atom is -0.309 e. The zero-order valence-corrected chi connectivity index (χ0v) is 14.4. The monoisotopic (exact) mass is 289 g/mol. The topological polar surface area (TPSA) is 28.2 Å². The largest absolute Gasteiger partial charge is 0.309 e. The van der Waals surface area contributed by atoms with E-state index >= 15 is 0 Å². The normalized spacial score (nSPS) is 18.9. The van der Waals surface area contributed by atoms with Crippen LogP contribution in [0.25, 0.3) is 0 Å². The minimum absolute atomic E-state index is 0.377. The first-order chi connectivity index (χ1) is 9.97. The van der Waals surface area contributed by atoms with E-state index < -0.39 is 0 Å². The van der Waals surface area contributed by atoms with Crippen molar-refractivity contribution in [3.05, 3.63) is 28.6 Å². The summed E-state index contributed by atoms with van der Waals surface area (Å²) in [4.78, 5) is 7.20. The van der Waals surface area contributed by atoms with Crippen LogP contribution >= 0.6 is 0 Å². The highest BCUT2D eigenvalue weighted by Gasteiger charge is 2.16. The molecule has 1 aromatic rings. The smallest absolute Gasteiger partial charge is 0.0426 e. The van der Waals surface area contributed by atoms with Crippen molar-refractivity contribution in [1.82, 2.24) is 15.2 Å². The number of likely N-dealkylation sites (tertiary alicyclic amines) is 1. The Labute approximate surface area is 130 Å². The summed E-state index contributed by atoms with van der Waals surface area (Å²) < 4.78 is 0. The lowest BCUT2D eigenvalue weighted by molar-refractivity contribution is 0.191. The maximum atomic E-state index is 4.61. The first kappa shape index (κ1) is 16.4. The Balaban J connectivity index is 1.83. The quantitative estimate of drug-likeness (QED) is 0.900. The predicted molar refractivity (Wildman–Crippen MR) is 89.7 cm³/mol. The predicted octanol–water partition coefficient (Wildman–Crippen LogP) is 3.39. The summed E-state index contributed by atoms with van der Waals surface area (Å²) in [6, 6.07) is 2.56. The lowest BCUT2D eigenvalue weighted by atomic mass is 9.99. The van der Waals surface area contributed by atoms with Gasteiger partial charge in [0.25, 0.3) is 0 Å². The van der Waals surface area contributed by atoms with E-state index in [2.05, 4.69) is 55.9 Å². The molecule has 3 nitrogen and oxygen atoms in total. The highest BCUT2D eigenvalue weighted by atomic mass is 15.1. The highest BCUT2D eigenvalue weighted by Crippen LogP contribution is 2.21. The van der Waals surface area contributed by atoms with Crippen molar-refractivity contribution in [2.45, 2.75) is 53.5 Å². The van der Waals surface area contributed by atoms with Crippen LogP contribution in [0.4, 0.5) is 0 Å². The van der Waals surface area contributed by atoms with Gasteiger partial charge in [0.05, 0.1) is 0 Å². The number of piperidine rings is 1. The summed E-state index contributed by atoms with van der Waals surface area (Å²) in [5.41, 5.74) is 5.00. The number of aryl methyl sites for hydroxylation is 3. The van der Waals surface area contributed by atoms with Crippen LogP contribution in [0.1, 0.15) is 55.2 Å². The van der Waals surface area contributed by atoms with Crippen LogP contribution in [0.15, 0.2) is 6.07 Å². The average molecular weight is 289 g/mol. The molecule has 2 heterocycles. The van der Waals surface area contributed by atoms with Crippen molar-refractivity contribution >= 4 is 0 Å². The van der Waals surface area contributed by atoms with Gasteiger partial charge in [-0.3, -0.25) is 4.98 Å². The third-order valence-electron chi connectivity index (χ3n) is 4.77. The number of hydrogen-bond acceptors (Lipinski definition) is 3. The van der Waals surface area contributed by atoms with Crippen LogP contribution in [-0.2, 0) is 0 Å². The molecule has 1 fully saturated rings. The fraction of sp³-hybridized carbons (Fsp3) is 0.722. The van der Waals surface area contributed by atoms with E-state index in [1.807, 2.05) is 0 Å². The van der Waals surface area contributed by atoms with Gasteiger partial charge in [-0.15, -0.1) is 0 Å². The molecule has 0 aromatic carbocycles. The van der Waals surface area contributed by atoms with E-state index in [1.165, 1.54) is 42.8 Å². The Kier molecular flexibility index (Phi) is 5.77. The van der Waals surface area contributed by atoms with Crippen LogP contribution in [0.2, 0.25) is 0 Å². The third-order valence-corrected chi connectivity index (χ3v) is 4.77. The number of rotatable bonds is 5. The molecule has 1 N–H and O–H groups in total. The molecule has 1 aliphatic heterocycles. The molecule has 0 saturated carbocycles. The van der Waals surface area contributed by atoms with Crippen LogP contribution in [-0.4, -0.2) is 36.1 Å². The number of hydrogen-bond donors (Lipinski definition) is 1. The second-order valence-electron chi connectivity index (χ2n) is 6.78. The van der Waals surface area contributed by atoms with Gasteiger partial charge in [-0.25, -0.2) is 0 Å². The fourth-order valence-corrected chi connectivity index (χ4v) is 3.52. The summed E-state index contributed by atoms with van der Waals surface area (Å²) in [6.45, 7) is 15.8. The molecule has 1 atom stereocenters. The maximum Gasteiger partial charge on any atom is 0.0426 e. The summed E-state index contributed by atoms with van der Waals surface area (Å²) >= 11 is 0. The van der Waals surface area contributed by atoms with Crippen LogP contribution in [0.3, 0.4) is 0 Å². The molecule has 0 spiro atoms. The molecule has 21 heavy (non-hydrogen) atoms. The Bertz CT molecular complexity index is 439. The van der Waals surface area contributed by atoms with Crippen molar-refractivity contribution in [3.63, 3.8) is 0 Å². The van der Waals surface area contributed by atoms with E-state index in [4.69, 9.17) is 0 Å². The molecule has 3 heteroatoms. The van der Waals surface area contributed by atoms with Gasteiger partial charge >= 0.3 is 0 Å². The standard InChI is InChI=1S/C18H31N3/c1-13-6-9-21(10-7-13)11-8-19-16(4)18-14(2)12-15(3)20-17(18)5/h12-13,16,19H,6-11H2,1-5H3. The molecule has 1 unspecified atom stereocenters. The summed E-state index contributed by atoms with van der Waals surface area (Å²) in [5.74, 6) is 0.914. The molecule has 1 aliphatic rings. The maximum absolute atomic E-state index is 4.61. The molecule has 1 saturated heterocycles. The van der Waals surface area contributed by atoms with Crippen molar-refractivity contribution in [1.29, 1.82) is 0 Å². The highest BCUT2D eigenvalue weighted by molar-refractivity contribution is 5.33. The average Bonchev–Trinajstić information content (AvgIpc) is 2.40. The fourth-order valence-electron chi connectivity index (χ4n) is 3.52. The lowest BCUT2D eigenvalue weighted by Crippen LogP contribution is -2.38. The Hall–Kier alpha value is -0.930. The second kappa shape index (κ2) is 7.37. The van der Waals surface area contributed by atoms with Gasteiger partial charge in [0.15, 0.2) is 0 Å². The zero-order valence-electron chi connectivity index (χ0n) is 14.4. The van der Waals surface area contributed by atoms with Gasteiger partial charge in [-0.1, -0.05) is 6.92 Å². The van der Waals surface area contributed by atoms with E-state index in [0.717, 1.165) is 24.7 Å². The van der Waals surface area contributed by atoms with Gasteiger partial charge in [0, 0.05) is 30.5 Å². The van der Waals surface area contributed by atoms with E-state index in [-0.39, 0.29) is 0 Å². The molecule has 0 radical (unpaired) electrons. The van der Waals surface area contributed by atoms with E-state index in [9.17, 15) is 0 Å². The van der Waals surface area contributed by atoms with Gasteiger partial charge in [-0.05, 0) is 76.7 Å². The van der Waals surface area contributed by atoms with Gasteiger partial charge in [-0.2, -0.15) is 0 Å². The zero-order chi connectivity index (χ0) is 15.4. The Morgan fingerprint density at radius 3 is 2.57 bits per heavy atom. The minimum atomic E-state index is 0.377. The first-order valence-corrected chi connectivity index (χ1v) is 8.38. The van der Waals surface area contributed by atoms with E-state index in [0.29, 0.717) is 6.04 Å². The number of pyridine rings is 1. The summed E-state index contributed by atoms with van der Waals surface area (Å²) in [6.07, 6.45) is 2.71. The molecular weight excluding hydrogens is 258 g/mol. The van der Waals surface area contributed by atoms with Crippen molar-refractivity contribution in [2.75, 3.05) is 26.2 Å². The van der Waals surface area contributed by atoms with Crippen molar-refractivity contribution in [2.24, 2.45) is 5.92 Å². The van der Waals surface area contributed by atoms with Gasteiger partial charge < -0.3 is 10.2 Å². The van der Waals surface area contributed by atoms with E-state index in [1.54, 1.807) is 0 Å². The van der Waals surface area contributed by atoms with Crippen LogP contribution < -0.4 is 5.32 Å². The summed E-state index contributed by atoms with van der Waals surface area (Å²) in [5, 5.41) is 3.68. The molecule has 0 amide bonds. The first-order valence-electron chi connectivity index (χ1n) is 8.38. The third kappa shape index (κ3) is 4.52. The molecule has 2 rings (SSSR count). The van der Waals surface area contributed by atoms with Crippen molar-refractivity contribution < 1.29 is 0 Å². The molecular formula is C18H31N3. The lowest BCUT2D eigenvalue weighted by Gasteiger charge is -2.30.